The highest BCUT2D eigenvalue weighted by Crippen LogP contribution is 2.34. The minimum atomic E-state index is -3.58. The molecule has 0 aromatic carbocycles. The maximum absolute atomic E-state index is 12.6. The first-order valence-electron chi connectivity index (χ1n) is 3.00. The van der Waals surface area contributed by atoms with E-state index in [2.05, 4.69) is 4.74 Å². The van der Waals surface area contributed by atoms with Crippen molar-refractivity contribution in [3.63, 3.8) is 0 Å². The Bertz CT molecular complexity index is 151. The summed E-state index contributed by atoms with van der Waals surface area (Å²) in [4.78, 5) is 0. The van der Waals surface area contributed by atoms with Gasteiger partial charge in [-0.1, -0.05) is 0 Å². The molecule has 1 aliphatic rings. The van der Waals surface area contributed by atoms with Crippen molar-refractivity contribution in [1.82, 2.24) is 0 Å². The van der Waals surface area contributed by atoms with Crippen LogP contribution in [-0.2, 0) is 4.74 Å². The normalized spacial score (nSPS) is 42.8. The molecule has 0 amide bonds. The van der Waals surface area contributed by atoms with Crippen LogP contribution in [0.3, 0.4) is 0 Å². The van der Waals surface area contributed by atoms with Crippen LogP contribution < -0.4 is 0 Å². The molecule has 0 spiro atoms. The number of aliphatic hydroxyl groups is 3. The molecule has 0 aromatic rings. The van der Waals surface area contributed by atoms with Crippen molar-refractivity contribution in [2.24, 2.45) is 0 Å². The van der Waals surface area contributed by atoms with Crippen LogP contribution in [0.5, 0.6) is 0 Å². The molecule has 1 fully saturated rings. The van der Waals surface area contributed by atoms with Crippen LogP contribution in [0.4, 0.5) is 8.78 Å². The molecule has 3 atom stereocenters. The van der Waals surface area contributed by atoms with Gasteiger partial charge in [-0.15, -0.1) is 0 Å². The highest BCUT2D eigenvalue weighted by atomic mass is 19.3. The predicted molar refractivity (Wildman–Crippen MR) is 28.9 cm³/mol. The van der Waals surface area contributed by atoms with Crippen molar-refractivity contribution in [3.05, 3.63) is 0 Å². The molecule has 11 heavy (non-hydrogen) atoms. The Hall–Kier alpha value is -0.300. The van der Waals surface area contributed by atoms with Gasteiger partial charge in [-0.3, -0.25) is 0 Å². The molecular formula is C5H8F2O4. The first-order valence-corrected chi connectivity index (χ1v) is 3.00. The van der Waals surface area contributed by atoms with E-state index < -0.39 is 31.0 Å². The number of hydrogen-bond donors (Lipinski definition) is 3. The second-order valence-corrected chi connectivity index (χ2v) is 2.32. The van der Waals surface area contributed by atoms with Gasteiger partial charge in [-0.25, -0.2) is 8.78 Å². The lowest BCUT2D eigenvalue weighted by Crippen LogP contribution is -2.41. The van der Waals surface area contributed by atoms with Crippen LogP contribution in [-0.4, -0.2) is 46.3 Å². The lowest BCUT2D eigenvalue weighted by atomic mass is 10.1. The molecule has 1 saturated heterocycles. The molecule has 66 valence electrons. The van der Waals surface area contributed by atoms with E-state index in [0.29, 0.717) is 0 Å². The standard InChI is InChI=1S/C5H8F2O4/c6-5(7)2(1-8)11-4(10)3(5)9/h2-4,8-10H,1H2/t2-,3-,4+/m1/s1. The molecule has 4 nitrogen and oxygen atoms in total. The van der Waals surface area contributed by atoms with E-state index in [4.69, 9.17) is 15.3 Å². The summed E-state index contributed by atoms with van der Waals surface area (Å²) in [5, 5.41) is 25.5. The highest BCUT2D eigenvalue weighted by Gasteiger charge is 2.57. The SMILES string of the molecule is OC[C@H]1O[C@H](O)[C@@H](O)C1(F)F. The molecule has 0 aliphatic carbocycles. The zero-order valence-electron chi connectivity index (χ0n) is 5.44. The quantitative estimate of drug-likeness (QED) is 0.457. The van der Waals surface area contributed by atoms with E-state index in [9.17, 15) is 8.78 Å². The number of halogens is 2. The third kappa shape index (κ3) is 1.22. The molecular weight excluding hydrogens is 162 g/mol. The van der Waals surface area contributed by atoms with Gasteiger partial charge in [-0.2, -0.15) is 0 Å². The Morgan fingerprint density at radius 2 is 1.91 bits per heavy atom. The molecule has 1 heterocycles. The summed E-state index contributed by atoms with van der Waals surface area (Å²) >= 11 is 0. The van der Waals surface area contributed by atoms with Gasteiger partial charge >= 0.3 is 5.92 Å². The van der Waals surface area contributed by atoms with E-state index >= 15 is 0 Å². The van der Waals surface area contributed by atoms with Gasteiger partial charge in [0.25, 0.3) is 0 Å². The highest BCUT2D eigenvalue weighted by molar-refractivity contribution is 4.92. The molecule has 0 aromatic heterocycles. The zero-order chi connectivity index (χ0) is 8.65. The fourth-order valence-electron chi connectivity index (χ4n) is 0.879. The maximum atomic E-state index is 12.6. The van der Waals surface area contributed by atoms with Gasteiger partial charge in [0.1, 0.15) is 0 Å². The van der Waals surface area contributed by atoms with E-state index in [-0.39, 0.29) is 0 Å². The van der Waals surface area contributed by atoms with Crippen LogP contribution in [0.25, 0.3) is 0 Å². The third-order valence-corrected chi connectivity index (χ3v) is 1.56. The molecule has 1 aliphatic heterocycles. The first-order chi connectivity index (χ1) is 5.00. The third-order valence-electron chi connectivity index (χ3n) is 1.56. The lowest BCUT2D eigenvalue weighted by molar-refractivity contribution is -0.132. The molecule has 3 N–H and O–H groups in total. The van der Waals surface area contributed by atoms with Crippen molar-refractivity contribution in [3.8, 4) is 0 Å². The molecule has 0 saturated carbocycles. The Balaban J connectivity index is 2.74. The number of hydrogen-bond acceptors (Lipinski definition) is 4. The van der Waals surface area contributed by atoms with Crippen LogP contribution in [0.15, 0.2) is 0 Å². The first kappa shape index (κ1) is 8.79. The Labute approximate surface area is 61.0 Å². The van der Waals surface area contributed by atoms with Crippen molar-refractivity contribution in [1.29, 1.82) is 0 Å². The van der Waals surface area contributed by atoms with E-state index in [1.165, 1.54) is 0 Å². The van der Waals surface area contributed by atoms with Gasteiger partial charge in [0.2, 0.25) is 0 Å². The summed E-state index contributed by atoms with van der Waals surface area (Å²) < 4.78 is 29.3. The van der Waals surface area contributed by atoms with E-state index in [0.717, 1.165) is 0 Å². The smallest absolute Gasteiger partial charge is 0.306 e. The zero-order valence-corrected chi connectivity index (χ0v) is 5.44. The fourth-order valence-corrected chi connectivity index (χ4v) is 0.879. The summed E-state index contributed by atoms with van der Waals surface area (Å²) in [5.74, 6) is -3.58. The topological polar surface area (TPSA) is 69.9 Å². The maximum Gasteiger partial charge on any atom is 0.306 e. The summed E-state index contributed by atoms with van der Waals surface area (Å²) in [6, 6.07) is 0. The van der Waals surface area contributed by atoms with Crippen LogP contribution in [0.2, 0.25) is 0 Å². The second-order valence-electron chi connectivity index (χ2n) is 2.32. The monoisotopic (exact) mass is 170 g/mol. The second kappa shape index (κ2) is 2.63. The molecule has 1 rings (SSSR count). The van der Waals surface area contributed by atoms with Crippen molar-refractivity contribution in [2.45, 2.75) is 24.4 Å². The summed E-state index contributed by atoms with van der Waals surface area (Å²) in [7, 11) is 0. The molecule has 0 radical (unpaired) electrons. The summed E-state index contributed by atoms with van der Waals surface area (Å²) in [6.45, 7) is -0.929. The van der Waals surface area contributed by atoms with Crippen LogP contribution in [0.1, 0.15) is 0 Å². The predicted octanol–water partition coefficient (Wildman–Crippen LogP) is -1.31. The number of rotatable bonds is 1. The average molecular weight is 170 g/mol. The van der Waals surface area contributed by atoms with E-state index in [1.807, 2.05) is 0 Å². The van der Waals surface area contributed by atoms with Crippen LogP contribution >= 0.6 is 0 Å². The largest absolute Gasteiger partial charge is 0.393 e. The van der Waals surface area contributed by atoms with Crippen molar-refractivity contribution in [2.75, 3.05) is 6.61 Å². The van der Waals surface area contributed by atoms with Gasteiger partial charge in [0.15, 0.2) is 18.5 Å². The Kier molecular flexibility index (Phi) is 2.10. The molecule has 0 unspecified atom stereocenters. The van der Waals surface area contributed by atoms with Crippen molar-refractivity contribution < 1.29 is 28.8 Å². The lowest BCUT2D eigenvalue weighted by Gasteiger charge is -2.16. The van der Waals surface area contributed by atoms with Gasteiger partial charge in [-0.05, 0) is 0 Å². The average Bonchev–Trinajstić information content (AvgIpc) is 2.13. The van der Waals surface area contributed by atoms with Gasteiger partial charge in [0, 0.05) is 0 Å². The molecule has 0 bridgehead atoms. The summed E-state index contributed by atoms with van der Waals surface area (Å²) in [6.07, 6.45) is -5.98. The number of alkyl halides is 2. The van der Waals surface area contributed by atoms with E-state index in [1.54, 1.807) is 0 Å². The Morgan fingerprint density at radius 1 is 1.36 bits per heavy atom. The number of aliphatic hydroxyl groups excluding tert-OH is 3. The van der Waals surface area contributed by atoms with Crippen molar-refractivity contribution >= 4 is 0 Å². The number of ether oxygens (including phenoxy) is 1. The minimum absolute atomic E-state index is 0.929. The minimum Gasteiger partial charge on any atom is -0.393 e. The summed E-state index contributed by atoms with van der Waals surface area (Å²) in [5.41, 5.74) is 0. The van der Waals surface area contributed by atoms with Crippen LogP contribution in [0, 0.1) is 0 Å². The fraction of sp³-hybridized carbons (Fsp3) is 1.00. The van der Waals surface area contributed by atoms with Gasteiger partial charge in [0.05, 0.1) is 6.61 Å². The molecule has 6 heteroatoms. The Morgan fingerprint density at radius 3 is 2.09 bits per heavy atom. The van der Waals surface area contributed by atoms with Gasteiger partial charge < -0.3 is 20.1 Å².